The van der Waals surface area contributed by atoms with Crippen LogP contribution in [0.2, 0.25) is 0 Å². The molecule has 0 heterocycles. The molecule has 0 bridgehead atoms. The molecule has 0 saturated carbocycles. The Labute approximate surface area is 120 Å². The van der Waals surface area contributed by atoms with Gasteiger partial charge in [-0.05, 0) is 12.1 Å². The summed E-state index contributed by atoms with van der Waals surface area (Å²) < 4.78 is 0. The third-order valence-corrected chi connectivity index (χ3v) is 2.74. The van der Waals surface area contributed by atoms with Crippen molar-refractivity contribution < 1.29 is 19.9 Å². The predicted molar refractivity (Wildman–Crippen MR) is 76.7 cm³/mol. The van der Waals surface area contributed by atoms with Crippen LogP contribution in [-0.2, 0) is 4.79 Å². The molecular formula is C12H18N4O5. The molecule has 0 aliphatic rings. The Morgan fingerprint density at radius 3 is 2.62 bits per heavy atom. The number of aliphatic hydroxyl groups excluding tert-OH is 2. The van der Waals surface area contributed by atoms with Crippen LogP contribution >= 0.6 is 0 Å². The number of amides is 1. The van der Waals surface area contributed by atoms with Crippen LogP contribution in [0.3, 0.4) is 0 Å². The van der Waals surface area contributed by atoms with Crippen LogP contribution in [0.25, 0.3) is 0 Å². The third-order valence-electron chi connectivity index (χ3n) is 2.74. The fourth-order valence-corrected chi connectivity index (χ4v) is 1.58. The lowest BCUT2D eigenvalue weighted by Gasteiger charge is -2.12. The van der Waals surface area contributed by atoms with Gasteiger partial charge in [-0.2, -0.15) is 0 Å². The highest BCUT2D eigenvalue weighted by molar-refractivity contribution is 5.91. The van der Waals surface area contributed by atoms with Gasteiger partial charge in [0.05, 0.1) is 24.2 Å². The average molecular weight is 298 g/mol. The quantitative estimate of drug-likeness (QED) is 0.245. The molecule has 1 amide bonds. The minimum absolute atomic E-state index is 0.0217. The zero-order valence-electron chi connectivity index (χ0n) is 11.3. The first-order valence-corrected chi connectivity index (χ1v) is 6.26. The minimum atomic E-state index is -0.625. The molecule has 9 nitrogen and oxygen atoms in total. The van der Waals surface area contributed by atoms with Gasteiger partial charge in [0.15, 0.2) is 0 Å². The van der Waals surface area contributed by atoms with Gasteiger partial charge in [0.1, 0.15) is 5.69 Å². The second-order valence-electron chi connectivity index (χ2n) is 4.35. The number of hydrogen-bond acceptors (Lipinski definition) is 7. The first-order chi connectivity index (χ1) is 9.97. The summed E-state index contributed by atoms with van der Waals surface area (Å²) in [6.45, 7) is -0.209. The van der Waals surface area contributed by atoms with Crippen molar-refractivity contribution in [3.63, 3.8) is 0 Å². The SMILES string of the molecule is Nc1ccc(NC(=O)CCNC(CO)CO)cc1[N+](=O)[O-]. The molecule has 6 N–H and O–H groups in total. The molecular weight excluding hydrogens is 280 g/mol. The number of nitro benzene ring substituents is 1. The maximum absolute atomic E-state index is 11.7. The molecule has 0 aliphatic heterocycles. The van der Waals surface area contributed by atoms with Crippen LogP contribution in [-0.4, -0.2) is 46.8 Å². The summed E-state index contributed by atoms with van der Waals surface area (Å²) in [7, 11) is 0. The van der Waals surface area contributed by atoms with Crippen LogP contribution in [0.5, 0.6) is 0 Å². The number of nitrogens with zero attached hydrogens (tertiary/aromatic N) is 1. The van der Waals surface area contributed by atoms with Crippen molar-refractivity contribution in [1.82, 2.24) is 5.32 Å². The summed E-state index contributed by atoms with van der Waals surface area (Å²) in [6.07, 6.45) is 0.0919. The molecule has 0 atom stereocenters. The summed E-state index contributed by atoms with van der Waals surface area (Å²) in [5.41, 5.74) is 5.48. The second kappa shape index (κ2) is 8.15. The Hall–Kier alpha value is -2.23. The lowest BCUT2D eigenvalue weighted by atomic mass is 10.2. The number of benzene rings is 1. The highest BCUT2D eigenvalue weighted by Gasteiger charge is 2.13. The molecule has 21 heavy (non-hydrogen) atoms. The molecule has 0 radical (unpaired) electrons. The highest BCUT2D eigenvalue weighted by Crippen LogP contribution is 2.24. The maximum atomic E-state index is 11.7. The number of nitrogens with two attached hydrogens (primary N) is 1. The van der Waals surface area contributed by atoms with Crippen molar-refractivity contribution in [3.05, 3.63) is 28.3 Å². The number of carbonyl (C=O) groups is 1. The molecule has 1 aromatic rings. The fraction of sp³-hybridized carbons (Fsp3) is 0.417. The van der Waals surface area contributed by atoms with Crippen molar-refractivity contribution in [2.75, 3.05) is 30.8 Å². The number of nitro groups is 1. The highest BCUT2D eigenvalue weighted by atomic mass is 16.6. The molecule has 116 valence electrons. The summed E-state index contributed by atoms with van der Waals surface area (Å²) in [6, 6.07) is 3.53. The largest absolute Gasteiger partial charge is 0.395 e. The van der Waals surface area contributed by atoms with Crippen molar-refractivity contribution in [2.24, 2.45) is 0 Å². The van der Waals surface area contributed by atoms with E-state index in [4.69, 9.17) is 15.9 Å². The van der Waals surface area contributed by atoms with E-state index in [0.29, 0.717) is 0 Å². The van der Waals surface area contributed by atoms with Gasteiger partial charge < -0.3 is 26.6 Å². The van der Waals surface area contributed by atoms with Gasteiger partial charge in [-0.3, -0.25) is 14.9 Å². The van der Waals surface area contributed by atoms with E-state index < -0.39 is 11.0 Å². The Morgan fingerprint density at radius 1 is 1.38 bits per heavy atom. The zero-order chi connectivity index (χ0) is 15.8. The maximum Gasteiger partial charge on any atom is 0.294 e. The molecule has 0 spiro atoms. The van der Waals surface area contributed by atoms with Gasteiger partial charge in [0.2, 0.25) is 5.91 Å². The van der Waals surface area contributed by atoms with E-state index in [1.54, 1.807) is 0 Å². The lowest BCUT2D eigenvalue weighted by molar-refractivity contribution is -0.383. The van der Waals surface area contributed by atoms with Crippen LogP contribution in [0, 0.1) is 10.1 Å². The number of carbonyl (C=O) groups excluding carboxylic acids is 1. The Balaban J connectivity index is 2.52. The Bertz CT molecular complexity index is 504. The topological polar surface area (TPSA) is 151 Å². The van der Waals surface area contributed by atoms with Crippen molar-refractivity contribution >= 4 is 23.0 Å². The Morgan fingerprint density at radius 2 is 2.05 bits per heavy atom. The normalized spacial score (nSPS) is 10.6. The first-order valence-electron chi connectivity index (χ1n) is 6.26. The van der Waals surface area contributed by atoms with E-state index in [1.807, 2.05) is 0 Å². The summed E-state index contributed by atoms with van der Waals surface area (Å²) in [5.74, 6) is -0.351. The van der Waals surface area contributed by atoms with Crippen LogP contribution < -0.4 is 16.4 Å². The monoisotopic (exact) mass is 298 g/mol. The summed E-state index contributed by atoms with van der Waals surface area (Å²) in [5, 5.41) is 33.7. The molecule has 0 aromatic heterocycles. The third kappa shape index (κ3) is 5.34. The Kier molecular flexibility index (Phi) is 6.53. The molecule has 0 fully saturated rings. The average Bonchev–Trinajstić information content (AvgIpc) is 2.45. The van der Waals surface area contributed by atoms with Crippen molar-refractivity contribution in [3.8, 4) is 0 Å². The van der Waals surface area contributed by atoms with Gasteiger partial charge in [-0.25, -0.2) is 0 Å². The number of nitrogen functional groups attached to an aromatic ring is 1. The lowest BCUT2D eigenvalue weighted by Crippen LogP contribution is -2.37. The van der Waals surface area contributed by atoms with E-state index in [9.17, 15) is 14.9 Å². The first kappa shape index (κ1) is 16.8. The number of rotatable bonds is 8. The molecule has 9 heteroatoms. The van der Waals surface area contributed by atoms with Crippen molar-refractivity contribution in [1.29, 1.82) is 0 Å². The van der Waals surface area contributed by atoms with E-state index >= 15 is 0 Å². The smallest absolute Gasteiger partial charge is 0.294 e. The number of anilines is 2. The van der Waals surface area contributed by atoms with Crippen LogP contribution in [0.15, 0.2) is 18.2 Å². The predicted octanol–water partition coefficient (Wildman–Crippen LogP) is -0.552. The fourth-order valence-electron chi connectivity index (χ4n) is 1.58. The van der Waals surface area contributed by atoms with Gasteiger partial charge in [0, 0.05) is 24.7 Å². The zero-order valence-corrected chi connectivity index (χ0v) is 11.3. The minimum Gasteiger partial charge on any atom is -0.395 e. The van der Waals surface area contributed by atoms with Gasteiger partial charge >= 0.3 is 0 Å². The molecule has 0 saturated heterocycles. The van der Waals surface area contributed by atoms with Crippen LogP contribution in [0.4, 0.5) is 17.1 Å². The summed E-state index contributed by atoms with van der Waals surface area (Å²) in [4.78, 5) is 21.8. The second-order valence-corrected chi connectivity index (χ2v) is 4.35. The standard InChI is InChI=1S/C12H18N4O5/c13-10-2-1-8(5-11(10)16(20)21)15-12(19)3-4-14-9(6-17)7-18/h1-2,5,9,14,17-18H,3-4,6-7,13H2,(H,15,19). The molecule has 1 aromatic carbocycles. The van der Waals surface area contributed by atoms with E-state index in [2.05, 4.69) is 10.6 Å². The van der Waals surface area contributed by atoms with E-state index in [1.165, 1.54) is 18.2 Å². The van der Waals surface area contributed by atoms with E-state index in [-0.39, 0.29) is 49.1 Å². The van der Waals surface area contributed by atoms with Gasteiger partial charge in [-0.1, -0.05) is 0 Å². The van der Waals surface area contributed by atoms with Gasteiger partial charge in [0.25, 0.3) is 5.69 Å². The van der Waals surface area contributed by atoms with Crippen LogP contribution in [0.1, 0.15) is 6.42 Å². The molecule has 0 aliphatic carbocycles. The molecule has 0 unspecified atom stereocenters. The number of nitrogens with one attached hydrogen (secondary N) is 2. The van der Waals surface area contributed by atoms with Crippen molar-refractivity contribution in [2.45, 2.75) is 12.5 Å². The van der Waals surface area contributed by atoms with Gasteiger partial charge in [-0.15, -0.1) is 0 Å². The van der Waals surface area contributed by atoms with E-state index in [0.717, 1.165) is 0 Å². The summed E-state index contributed by atoms with van der Waals surface area (Å²) >= 11 is 0. The number of aliphatic hydroxyl groups is 2. The number of hydrogen-bond donors (Lipinski definition) is 5. The molecule has 1 rings (SSSR count).